The summed E-state index contributed by atoms with van der Waals surface area (Å²) in [5.41, 5.74) is -1.02. The predicted octanol–water partition coefficient (Wildman–Crippen LogP) is 1.45. The Morgan fingerprint density at radius 2 is 1.73 bits per heavy atom. The number of ether oxygens (including phenoxy) is 1. The van der Waals surface area contributed by atoms with Crippen molar-refractivity contribution >= 4 is 17.8 Å². The zero-order chi connectivity index (χ0) is 16.9. The van der Waals surface area contributed by atoms with Crippen LogP contribution in [0, 0.1) is 0 Å². The zero-order valence-corrected chi connectivity index (χ0v) is 12.6. The molecule has 1 amide bonds. The van der Waals surface area contributed by atoms with Gasteiger partial charge in [0.2, 0.25) is 0 Å². The second kappa shape index (κ2) is 7.04. The predicted molar refractivity (Wildman–Crippen MR) is 78.0 cm³/mol. The van der Waals surface area contributed by atoms with E-state index in [2.05, 4.69) is 5.32 Å². The van der Waals surface area contributed by atoms with Gasteiger partial charge in [-0.2, -0.15) is 0 Å². The van der Waals surface area contributed by atoms with Crippen LogP contribution in [0.25, 0.3) is 0 Å². The molecule has 1 atom stereocenters. The fourth-order valence-electron chi connectivity index (χ4n) is 1.65. The lowest BCUT2D eigenvalue weighted by Gasteiger charge is -2.20. The molecule has 0 fully saturated rings. The van der Waals surface area contributed by atoms with E-state index in [9.17, 15) is 19.5 Å². The Kier molecular flexibility index (Phi) is 5.64. The molecular formula is C15H19NO6. The molecule has 0 radical (unpaired) electrons. The third kappa shape index (κ3) is 5.17. The number of ketones is 1. The Hall–Kier alpha value is -2.41. The SMILES string of the molecule is CC(C)(C)OC(=O)NCC(O)C(=O)c1ccccc1C(=O)O. The number of Topliss-reactive ketones (excluding diaryl/α,β-unsaturated/α-hetero) is 1. The van der Waals surface area contributed by atoms with E-state index in [0.717, 1.165) is 0 Å². The molecule has 1 aromatic rings. The molecule has 0 aliphatic carbocycles. The van der Waals surface area contributed by atoms with E-state index in [4.69, 9.17) is 9.84 Å². The van der Waals surface area contributed by atoms with Crippen LogP contribution in [0.1, 0.15) is 41.5 Å². The van der Waals surface area contributed by atoms with Crippen LogP contribution in [0.3, 0.4) is 0 Å². The van der Waals surface area contributed by atoms with E-state index in [1.165, 1.54) is 24.3 Å². The molecule has 1 rings (SSSR count). The number of hydrogen-bond donors (Lipinski definition) is 3. The maximum atomic E-state index is 12.1. The van der Waals surface area contributed by atoms with E-state index in [1.54, 1.807) is 20.8 Å². The van der Waals surface area contributed by atoms with Gasteiger partial charge < -0.3 is 20.3 Å². The van der Waals surface area contributed by atoms with Crippen molar-refractivity contribution in [2.45, 2.75) is 32.5 Å². The number of carboxylic acid groups (broad SMARTS) is 1. The smallest absolute Gasteiger partial charge is 0.407 e. The van der Waals surface area contributed by atoms with Crippen molar-refractivity contribution in [1.82, 2.24) is 5.32 Å². The average molecular weight is 309 g/mol. The number of aliphatic hydroxyl groups is 1. The van der Waals surface area contributed by atoms with Crippen molar-refractivity contribution in [3.8, 4) is 0 Å². The number of alkyl carbamates (subject to hydrolysis) is 1. The van der Waals surface area contributed by atoms with Crippen molar-refractivity contribution < 1.29 is 29.3 Å². The van der Waals surface area contributed by atoms with Crippen molar-refractivity contribution in [1.29, 1.82) is 0 Å². The van der Waals surface area contributed by atoms with Crippen LogP contribution in [0.4, 0.5) is 4.79 Å². The summed E-state index contributed by atoms with van der Waals surface area (Å²) in [5, 5.41) is 21.1. The van der Waals surface area contributed by atoms with Gasteiger partial charge in [0.1, 0.15) is 11.7 Å². The molecule has 0 heterocycles. The molecule has 1 aromatic carbocycles. The van der Waals surface area contributed by atoms with Crippen LogP contribution in [-0.2, 0) is 4.74 Å². The number of rotatable bonds is 5. The van der Waals surface area contributed by atoms with Crippen molar-refractivity contribution in [3.63, 3.8) is 0 Å². The highest BCUT2D eigenvalue weighted by molar-refractivity contribution is 6.07. The fraction of sp³-hybridized carbons (Fsp3) is 0.400. The Labute approximate surface area is 127 Å². The first-order chi connectivity index (χ1) is 10.1. The minimum atomic E-state index is -1.56. The van der Waals surface area contributed by atoms with E-state index in [-0.39, 0.29) is 17.7 Å². The summed E-state index contributed by atoms with van der Waals surface area (Å²) in [6, 6.07) is 5.55. The summed E-state index contributed by atoms with van der Waals surface area (Å²) in [6.45, 7) is 4.66. The highest BCUT2D eigenvalue weighted by atomic mass is 16.6. The Morgan fingerprint density at radius 3 is 2.23 bits per heavy atom. The number of amides is 1. The van der Waals surface area contributed by atoms with Crippen molar-refractivity contribution in [3.05, 3.63) is 35.4 Å². The lowest BCUT2D eigenvalue weighted by Crippen LogP contribution is -2.40. The number of carbonyl (C=O) groups is 3. The molecule has 0 aliphatic heterocycles. The lowest BCUT2D eigenvalue weighted by molar-refractivity contribution is 0.0482. The van der Waals surface area contributed by atoms with E-state index >= 15 is 0 Å². The summed E-state index contributed by atoms with van der Waals surface area (Å²) in [7, 11) is 0. The van der Waals surface area contributed by atoms with Gasteiger partial charge in [-0.15, -0.1) is 0 Å². The highest BCUT2D eigenvalue weighted by Crippen LogP contribution is 2.12. The first-order valence-electron chi connectivity index (χ1n) is 6.63. The normalized spacial score (nSPS) is 12.4. The first kappa shape index (κ1) is 17.6. The molecule has 7 heteroatoms. The number of carboxylic acids is 1. The molecule has 0 saturated carbocycles. The summed E-state index contributed by atoms with van der Waals surface area (Å²) >= 11 is 0. The van der Waals surface area contributed by atoms with Gasteiger partial charge in [0.25, 0.3) is 0 Å². The molecule has 0 aliphatic rings. The zero-order valence-electron chi connectivity index (χ0n) is 12.6. The highest BCUT2D eigenvalue weighted by Gasteiger charge is 2.24. The molecule has 120 valence electrons. The summed E-state index contributed by atoms with van der Waals surface area (Å²) < 4.78 is 4.97. The Bertz CT molecular complexity index is 576. The van der Waals surface area contributed by atoms with E-state index in [0.29, 0.717) is 0 Å². The summed E-state index contributed by atoms with van der Waals surface area (Å²) in [6.07, 6.45) is -2.33. The standard InChI is InChI=1S/C15H19NO6/c1-15(2,3)22-14(21)16-8-11(17)12(18)9-6-4-5-7-10(9)13(19)20/h4-7,11,17H,8H2,1-3H3,(H,16,21)(H,19,20). The number of aromatic carboxylic acids is 1. The molecule has 22 heavy (non-hydrogen) atoms. The van der Waals surface area contributed by atoms with Crippen LogP contribution >= 0.6 is 0 Å². The largest absolute Gasteiger partial charge is 0.478 e. The second-order valence-electron chi connectivity index (χ2n) is 5.61. The molecule has 3 N–H and O–H groups in total. The van der Waals surface area contributed by atoms with Gasteiger partial charge in [0.05, 0.1) is 12.1 Å². The third-order valence-corrected chi connectivity index (χ3v) is 2.56. The summed E-state index contributed by atoms with van der Waals surface area (Å²) in [4.78, 5) is 34.6. The van der Waals surface area contributed by atoms with Crippen molar-refractivity contribution in [2.24, 2.45) is 0 Å². The van der Waals surface area contributed by atoms with Gasteiger partial charge in [-0.05, 0) is 26.8 Å². The van der Waals surface area contributed by atoms with Gasteiger partial charge in [-0.3, -0.25) is 4.79 Å². The van der Waals surface area contributed by atoms with E-state index in [1.807, 2.05) is 0 Å². The molecule has 0 saturated heterocycles. The number of carbonyl (C=O) groups excluding carboxylic acids is 2. The van der Waals surface area contributed by atoms with Crippen LogP contribution < -0.4 is 5.32 Å². The monoisotopic (exact) mass is 309 g/mol. The molecular weight excluding hydrogens is 290 g/mol. The third-order valence-electron chi connectivity index (χ3n) is 2.56. The van der Waals surface area contributed by atoms with Crippen LogP contribution in [0.2, 0.25) is 0 Å². The van der Waals surface area contributed by atoms with E-state index < -0.39 is 29.6 Å². The minimum absolute atomic E-state index is 0.117. The Balaban J connectivity index is 2.71. The van der Waals surface area contributed by atoms with Gasteiger partial charge >= 0.3 is 12.1 Å². The second-order valence-corrected chi connectivity index (χ2v) is 5.61. The van der Waals surface area contributed by atoms with Crippen LogP contribution in [0.15, 0.2) is 24.3 Å². The quantitative estimate of drug-likeness (QED) is 0.710. The van der Waals surface area contributed by atoms with Gasteiger partial charge in [0, 0.05) is 5.56 Å². The van der Waals surface area contributed by atoms with Crippen LogP contribution in [-0.4, -0.2) is 46.3 Å². The fourth-order valence-corrected chi connectivity index (χ4v) is 1.65. The first-order valence-corrected chi connectivity index (χ1v) is 6.63. The molecule has 1 unspecified atom stereocenters. The van der Waals surface area contributed by atoms with Crippen molar-refractivity contribution in [2.75, 3.05) is 6.54 Å². The number of hydrogen-bond acceptors (Lipinski definition) is 5. The van der Waals surface area contributed by atoms with Crippen LogP contribution in [0.5, 0.6) is 0 Å². The molecule has 0 bridgehead atoms. The summed E-state index contributed by atoms with van der Waals surface area (Å²) in [5.74, 6) is -2.05. The van der Waals surface area contributed by atoms with Gasteiger partial charge in [0.15, 0.2) is 5.78 Å². The Morgan fingerprint density at radius 1 is 1.18 bits per heavy atom. The molecule has 0 aromatic heterocycles. The minimum Gasteiger partial charge on any atom is -0.478 e. The average Bonchev–Trinajstić information content (AvgIpc) is 2.42. The lowest BCUT2D eigenvalue weighted by atomic mass is 10.0. The maximum absolute atomic E-state index is 12.1. The molecule has 0 spiro atoms. The number of benzene rings is 1. The number of nitrogens with one attached hydrogen (secondary N) is 1. The maximum Gasteiger partial charge on any atom is 0.407 e. The number of aliphatic hydroxyl groups excluding tert-OH is 1. The topological polar surface area (TPSA) is 113 Å². The van der Waals surface area contributed by atoms with Gasteiger partial charge in [-0.25, -0.2) is 9.59 Å². The molecule has 7 nitrogen and oxygen atoms in total. The van der Waals surface area contributed by atoms with Gasteiger partial charge in [-0.1, -0.05) is 18.2 Å².